The molecule has 0 saturated heterocycles. The summed E-state index contributed by atoms with van der Waals surface area (Å²) in [5, 5.41) is 0. The van der Waals surface area contributed by atoms with Crippen molar-refractivity contribution in [1.82, 2.24) is 28.9 Å². The molecule has 0 N–H and O–H groups in total. The van der Waals surface area contributed by atoms with Crippen LogP contribution in [0, 0.1) is 0 Å². The van der Waals surface area contributed by atoms with Gasteiger partial charge in [-0.3, -0.25) is 8.97 Å². The minimum Gasteiger partial charge on any atom is -0.278 e. The predicted molar refractivity (Wildman–Crippen MR) is 210 cm³/mol. The molecule has 0 aliphatic carbocycles. The van der Waals surface area contributed by atoms with Gasteiger partial charge in [0, 0.05) is 22.4 Å². The van der Waals surface area contributed by atoms with E-state index in [1.54, 1.807) is 0 Å². The van der Waals surface area contributed by atoms with Crippen LogP contribution in [0.3, 0.4) is 0 Å². The molecule has 0 unspecified atom stereocenters. The molecule has 6 nitrogen and oxygen atoms in total. The van der Waals surface area contributed by atoms with Crippen LogP contribution in [0.1, 0.15) is 0 Å². The first-order valence-electron chi connectivity index (χ1n) is 17.3. The van der Waals surface area contributed by atoms with Gasteiger partial charge in [0.2, 0.25) is 5.78 Å². The van der Waals surface area contributed by atoms with Crippen molar-refractivity contribution < 1.29 is 0 Å². The lowest BCUT2D eigenvalue weighted by atomic mass is 10.0. The number of imidazole rings is 2. The first kappa shape index (κ1) is 29.7. The lowest BCUT2D eigenvalue weighted by Crippen LogP contribution is -2.00. The van der Waals surface area contributed by atoms with Gasteiger partial charge in [-0.05, 0) is 70.8 Å². The second-order valence-electron chi connectivity index (χ2n) is 12.8. The van der Waals surface area contributed by atoms with Gasteiger partial charge in [0.25, 0.3) is 0 Å². The van der Waals surface area contributed by atoms with Gasteiger partial charge >= 0.3 is 0 Å². The first-order valence-corrected chi connectivity index (χ1v) is 17.3. The fourth-order valence-electron chi connectivity index (χ4n) is 7.02. The van der Waals surface area contributed by atoms with Crippen LogP contribution in [0.5, 0.6) is 0 Å². The van der Waals surface area contributed by atoms with Crippen molar-refractivity contribution in [2.75, 3.05) is 0 Å². The smallest absolute Gasteiger partial charge is 0.220 e. The van der Waals surface area contributed by atoms with Crippen LogP contribution in [0.2, 0.25) is 0 Å². The largest absolute Gasteiger partial charge is 0.278 e. The topological polar surface area (TPSA) is 60.9 Å². The van der Waals surface area contributed by atoms with Crippen LogP contribution < -0.4 is 0 Å². The van der Waals surface area contributed by atoms with Crippen LogP contribution in [-0.2, 0) is 0 Å². The van der Waals surface area contributed by atoms with Crippen molar-refractivity contribution in [3.8, 4) is 62.1 Å². The van der Waals surface area contributed by atoms with Crippen LogP contribution in [0.25, 0.3) is 89.9 Å². The van der Waals surface area contributed by atoms with E-state index in [4.69, 9.17) is 19.9 Å². The molecule has 0 fully saturated rings. The Balaban J connectivity index is 1.14. The quantitative estimate of drug-likeness (QED) is 0.177. The number of hydrogen-bond acceptors (Lipinski definition) is 4. The van der Waals surface area contributed by atoms with Crippen molar-refractivity contribution in [3.05, 3.63) is 182 Å². The normalized spacial score (nSPS) is 11.5. The van der Waals surface area contributed by atoms with Gasteiger partial charge < -0.3 is 0 Å². The summed E-state index contributed by atoms with van der Waals surface area (Å²) in [5.74, 6) is 2.75. The van der Waals surface area contributed by atoms with E-state index in [1.807, 2.05) is 66.7 Å². The van der Waals surface area contributed by atoms with Crippen LogP contribution in [0.4, 0.5) is 0 Å². The van der Waals surface area contributed by atoms with Gasteiger partial charge in [0.15, 0.2) is 17.5 Å². The minimum absolute atomic E-state index is 0.620. The summed E-state index contributed by atoms with van der Waals surface area (Å²) in [4.78, 5) is 20.0. The van der Waals surface area contributed by atoms with Gasteiger partial charge in [-0.15, -0.1) is 0 Å². The molecular weight excluding hydrogens is 637 g/mol. The highest BCUT2D eigenvalue weighted by atomic mass is 15.2. The molecule has 0 radical (unpaired) electrons. The Morgan fingerprint density at radius 1 is 0.308 bits per heavy atom. The Morgan fingerprint density at radius 2 is 0.731 bits per heavy atom. The maximum atomic E-state index is 5.23. The number of fused-ring (bicyclic) bond motifs is 5. The Labute approximate surface area is 300 Å². The lowest BCUT2D eigenvalue weighted by Gasteiger charge is -2.10. The van der Waals surface area contributed by atoms with Gasteiger partial charge in [0.1, 0.15) is 0 Å². The van der Waals surface area contributed by atoms with Crippen LogP contribution >= 0.6 is 0 Å². The summed E-state index contributed by atoms with van der Waals surface area (Å²) in [5.41, 5.74) is 12.6. The molecule has 0 spiro atoms. The molecule has 52 heavy (non-hydrogen) atoms. The second-order valence-corrected chi connectivity index (χ2v) is 12.8. The maximum Gasteiger partial charge on any atom is 0.220 e. The molecule has 6 heteroatoms. The Kier molecular flexibility index (Phi) is 7.03. The zero-order valence-corrected chi connectivity index (χ0v) is 28.0. The van der Waals surface area contributed by atoms with Crippen LogP contribution in [-0.4, -0.2) is 28.9 Å². The van der Waals surface area contributed by atoms with Crippen molar-refractivity contribution in [3.63, 3.8) is 0 Å². The minimum atomic E-state index is 0.620. The molecule has 0 aliphatic rings. The summed E-state index contributed by atoms with van der Waals surface area (Å²) in [7, 11) is 0. The molecule has 10 aromatic rings. The van der Waals surface area contributed by atoms with Crippen LogP contribution in [0.15, 0.2) is 182 Å². The monoisotopic (exact) mass is 666 g/mol. The number of hydrogen-bond donors (Lipinski definition) is 0. The molecule has 7 aromatic carbocycles. The van der Waals surface area contributed by atoms with E-state index in [9.17, 15) is 0 Å². The predicted octanol–water partition coefficient (Wildman–Crippen LogP) is 11.0. The fourth-order valence-corrected chi connectivity index (χ4v) is 7.02. The number of aromatic nitrogens is 6. The molecule has 10 rings (SSSR count). The summed E-state index contributed by atoms with van der Waals surface area (Å²) >= 11 is 0. The molecule has 0 amide bonds. The first-order chi connectivity index (χ1) is 25.8. The molecule has 0 aliphatic heterocycles. The highest BCUT2D eigenvalue weighted by Gasteiger charge is 2.19. The van der Waals surface area contributed by atoms with E-state index in [1.165, 1.54) is 11.1 Å². The third-order valence-electron chi connectivity index (χ3n) is 9.59. The van der Waals surface area contributed by atoms with Gasteiger partial charge in [-0.1, -0.05) is 133 Å². The number of benzene rings is 7. The van der Waals surface area contributed by atoms with Crippen molar-refractivity contribution in [1.29, 1.82) is 0 Å². The van der Waals surface area contributed by atoms with Gasteiger partial charge in [-0.25, -0.2) is 19.9 Å². The Bertz CT molecular complexity index is 2800. The number of nitrogens with zero attached hydrogens (tertiary/aromatic N) is 6. The highest BCUT2D eigenvalue weighted by molar-refractivity contribution is 5.95. The van der Waals surface area contributed by atoms with E-state index >= 15 is 0 Å². The van der Waals surface area contributed by atoms with Crippen molar-refractivity contribution >= 4 is 27.8 Å². The summed E-state index contributed by atoms with van der Waals surface area (Å²) in [6.07, 6.45) is 0. The Morgan fingerprint density at radius 3 is 1.25 bits per heavy atom. The molecule has 0 saturated carbocycles. The van der Waals surface area contributed by atoms with E-state index < -0.39 is 0 Å². The standard InChI is InChI=1S/C46H30N6/c1-5-13-31(14-6-1)36-23-27-39-41(29-36)52-42-30-37(32-15-7-2-8-16-32)24-28-40(42)51(46(52)47-39)38-25-21-35(22-26-38)45-49-43(33-17-9-3-10-18-33)48-44(50-45)34-19-11-4-12-20-34/h1-30H. The van der Waals surface area contributed by atoms with E-state index in [2.05, 4.69) is 124 Å². The third kappa shape index (κ3) is 5.13. The molecule has 3 aromatic heterocycles. The summed E-state index contributed by atoms with van der Waals surface area (Å²) in [6, 6.07) is 62.8. The number of rotatable bonds is 6. The van der Waals surface area contributed by atoms with E-state index in [0.29, 0.717) is 17.5 Å². The maximum absolute atomic E-state index is 5.23. The van der Waals surface area contributed by atoms with E-state index in [-0.39, 0.29) is 0 Å². The molecule has 0 atom stereocenters. The average molecular weight is 667 g/mol. The molecule has 3 heterocycles. The molecular formula is C46H30N6. The van der Waals surface area contributed by atoms with Gasteiger partial charge in [0.05, 0.1) is 22.1 Å². The SMILES string of the molecule is c1ccc(-c2ccc3nc4n(-c5ccc(-c6nc(-c7ccccc7)nc(-c7ccccc7)n6)cc5)c5ccc(-c6ccccc6)cc5n4c3c2)cc1. The second kappa shape index (κ2) is 12.3. The van der Waals surface area contributed by atoms with E-state index in [0.717, 1.165) is 61.3 Å². The summed E-state index contributed by atoms with van der Waals surface area (Å²) in [6.45, 7) is 0. The molecule has 0 bridgehead atoms. The van der Waals surface area contributed by atoms with Crippen molar-refractivity contribution in [2.24, 2.45) is 0 Å². The highest BCUT2D eigenvalue weighted by Crippen LogP contribution is 2.35. The summed E-state index contributed by atoms with van der Waals surface area (Å²) < 4.78 is 4.54. The molecule has 244 valence electrons. The van der Waals surface area contributed by atoms with Gasteiger partial charge in [-0.2, -0.15) is 0 Å². The van der Waals surface area contributed by atoms with Crippen molar-refractivity contribution in [2.45, 2.75) is 0 Å². The third-order valence-corrected chi connectivity index (χ3v) is 9.59. The lowest BCUT2D eigenvalue weighted by molar-refractivity contribution is 1.07. The zero-order valence-electron chi connectivity index (χ0n) is 28.0. The zero-order chi connectivity index (χ0) is 34.4. The Hall–Kier alpha value is -7.18. The fraction of sp³-hybridized carbons (Fsp3) is 0. The average Bonchev–Trinajstić information content (AvgIpc) is 3.76.